The van der Waals surface area contributed by atoms with Crippen LogP contribution in [0.2, 0.25) is 0 Å². The van der Waals surface area contributed by atoms with Gasteiger partial charge in [-0.05, 0) is 19.8 Å². The number of hydrogen-bond acceptors (Lipinski definition) is 2. The molecule has 0 aliphatic heterocycles. The molecule has 0 bridgehead atoms. The summed E-state index contributed by atoms with van der Waals surface area (Å²) in [6.07, 6.45) is 3.89. The summed E-state index contributed by atoms with van der Waals surface area (Å²) in [4.78, 5) is 9.77. The van der Waals surface area contributed by atoms with Gasteiger partial charge < -0.3 is 11.1 Å². The Balaban J connectivity index is 2.83. The molecule has 0 aromatic rings. The molecule has 1 atom stereocenters. The highest BCUT2D eigenvalue weighted by Crippen LogP contribution is 1.95. The maximum Gasteiger partial charge on any atom is 0.207 e. The van der Waals surface area contributed by atoms with Crippen LogP contribution in [0.5, 0.6) is 0 Å². The van der Waals surface area contributed by atoms with Crippen molar-refractivity contribution < 1.29 is 4.79 Å². The molecule has 0 heterocycles. The lowest BCUT2D eigenvalue weighted by Crippen LogP contribution is -2.16. The van der Waals surface area contributed by atoms with Crippen LogP contribution in [0, 0.1) is 0 Å². The summed E-state index contributed by atoms with van der Waals surface area (Å²) >= 11 is 0. The van der Waals surface area contributed by atoms with Gasteiger partial charge in [0.25, 0.3) is 0 Å². The Bertz CT molecular complexity index is 83.7. The minimum absolute atomic E-state index is 0.288. The minimum atomic E-state index is 0.288. The van der Waals surface area contributed by atoms with Gasteiger partial charge in [0.2, 0.25) is 6.41 Å². The van der Waals surface area contributed by atoms with Crippen molar-refractivity contribution in [2.75, 3.05) is 6.54 Å². The van der Waals surface area contributed by atoms with Gasteiger partial charge in [-0.2, -0.15) is 0 Å². The van der Waals surface area contributed by atoms with Gasteiger partial charge in [0.05, 0.1) is 0 Å². The molecular weight excluding hydrogens is 128 g/mol. The first kappa shape index (κ1) is 9.43. The van der Waals surface area contributed by atoms with Crippen molar-refractivity contribution >= 4 is 6.41 Å². The zero-order valence-electron chi connectivity index (χ0n) is 6.47. The van der Waals surface area contributed by atoms with Crippen LogP contribution in [0.4, 0.5) is 0 Å². The molecule has 3 nitrogen and oxygen atoms in total. The van der Waals surface area contributed by atoms with Gasteiger partial charge in [0, 0.05) is 12.6 Å². The number of nitrogens with two attached hydrogens (primary N) is 1. The first-order valence-corrected chi connectivity index (χ1v) is 3.70. The second-order valence-electron chi connectivity index (χ2n) is 2.55. The third kappa shape index (κ3) is 7.43. The minimum Gasteiger partial charge on any atom is -0.359 e. The standard InChI is InChI=1S/C7H16N2O/c1-7(8)4-2-3-5-9-6-10/h6-7H,2-5,8H2,1H3,(H,9,10)/t7-/m0/s1. The van der Waals surface area contributed by atoms with E-state index in [-0.39, 0.29) is 6.04 Å². The van der Waals surface area contributed by atoms with Crippen LogP contribution in [0.1, 0.15) is 26.2 Å². The van der Waals surface area contributed by atoms with Gasteiger partial charge in [-0.25, -0.2) is 0 Å². The quantitative estimate of drug-likeness (QED) is 0.415. The second kappa shape index (κ2) is 6.55. The Hall–Kier alpha value is -0.570. The fourth-order valence-electron chi connectivity index (χ4n) is 0.752. The molecule has 0 aromatic heterocycles. The fourth-order valence-corrected chi connectivity index (χ4v) is 0.752. The van der Waals surface area contributed by atoms with E-state index in [4.69, 9.17) is 5.73 Å². The highest BCUT2D eigenvalue weighted by molar-refractivity contribution is 5.45. The molecular formula is C7H16N2O. The molecule has 0 unspecified atom stereocenters. The molecule has 0 fully saturated rings. The molecule has 3 N–H and O–H groups in total. The summed E-state index contributed by atoms with van der Waals surface area (Å²) < 4.78 is 0. The molecule has 0 rings (SSSR count). The lowest BCUT2D eigenvalue weighted by atomic mass is 10.1. The predicted octanol–water partition coefficient (Wildman–Crippen LogP) is 0.250. The summed E-state index contributed by atoms with van der Waals surface area (Å²) in [6, 6.07) is 0.288. The average Bonchev–Trinajstić information content (AvgIpc) is 1.87. The molecule has 0 saturated heterocycles. The molecule has 0 saturated carbocycles. The third-order valence-electron chi connectivity index (χ3n) is 1.31. The van der Waals surface area contributed by atoms with Crippen molar-refractivity contribution in [2.45, 2.75) is 32.2 Å². The van der Waals surface area contributed by atoms with E-state index in [1.54, 1.807) is 0 Å². The lowest BCUT2D eigenvalue weighted by Gasteiger charge is -2.02. The maximum atomic E-state index is 9.77. The van der Waals surface area contributed by atoms with Crippen molar-refractivity contribution in [1.29, 1.82) is 0 Å². The Morgan fingerprint density at radius 3 is 2.80 bits per heavy atom. The molecule has 0 spiro atoms. The summed E-state index contributed by atoms with van der Waals surface area (Å²) in [5.74, 6) is 0. The third-order valence-corrected chi connectivity index (χ3v) is 1.31. The van der Waals surface area contributed by atoms with E-state index < -0.39 is 0 Å². The van der Waals surface area contributed by atoms with Gasteiger partial charge in [0.1, 0.15) is 0 Å². The van der Waals surface area contributed by atoms with Crippen LogP contribution < -0.4 is 11.1 Å². The smallest absolute Gasteiger partial charge is 0.207 e. The first-order valence-electron chi connectivity index (χ1n) is 3.70. The molecule has 60 valence electrons. The fraction of sp³-hybridized carbons (Fsp3) is 0.857. The number of unbranched alkanes of at least 4 members (excludes halogenated alkanes) is 1. The number of amides is 1. The number of rotatable bonds is 6. The highest BCUT2D eigenvalue weighted by Gasteiger charge is 1.92. The molecule has 0 aromatic carbocycles. The summed E-state index contributed by atoms with van der Waals surface area (Å²) in [7, 11) is 0. The van der Waals surface area contributed by atoms with E-state index in [2.05, 4.69) is 5.32 Å². The van der Waals surface area contributed by atoms with Crippen molar-refractivity contribution in [1.82, 2.24) is 5.32 Å². The van der Waals surface area contributed by atoms with Gasteiger partial charge in [0.15, 0.2) is 0 Å². The molecule has 10 heavy (non-hydrogen) atoms. The van der Waals surface area contributed by atoms with Crippen LogP contribution in [0.15, 0.2) is 0 Å². The van der Waals surface area contributed by atoms with Crippen molar-refractivity contribution in [2.24, 2.45) is 5.73 Å². The van der Waals surface area contributed by atoms with Crippen LogP contribution in [0.3, 0.4) is 0 Å². The lowest BCUT2D eigenvalue weighted by molar-refractivity contribution is -0.109. The Morgan fingerprint density at radius 2 is 2.30 bits per heavy atom. The van der Waals surface area contributed by atoms with Crippen LogP contribution in [-0.2, 0) is 4.79 Å². The van der Waals surface area contributed by atoms with Crippen molar-refractivity contribution in [3.8, 4) is 0 Å². The normalized spacial score (nSPS) is 12.6. The Morgan fingerprint density at radius 1 is 1.60 bits per heavy atom. The second-order valence-corrected chi connectivity index (χ2v) is 2.55. The number of carbonyl (C=O) groups is 1. The number of carbonyl (C=O) groups excluding carboxylic acids is 1. The number of nitrogens with one attached hydrogen (secondary N) is 1. The van der Waals surface area contributed by atoms with E-state index in [0.29, 0.717) is 0 Å². The molecule has 3 heteroatoms. The van der Waals surface area contributed by atoms with Crippen LogP contribution >= 0.6 is 0 Å². The Kier molecular flexibility index (Phi) is 6.18. The van der Waals surface area contributed by atoms with E-state index in [0.717, 1.165) is 32.2 Å². The summed E-state index contributed by atoms with van der Waals surface area (Å²) in [5.41, 5.74) is 5.52. The monoisotopic (exact) mass is 144 g/mol. The summed E-state index contributed by atoms with van der Waals surface area (Å²) in [5, 5.41) is 2.60. The SMILES string of the molecule is C[C@H](N)CCCCNC=O. The van der Waals surface area contributed by atoms with Gasteiger partial charge in [-0.3, -0.25) is 4.79 Å². The van der Waals surface area contributed by atoms with E-state index in [9.17, 15) is 4.79 Å². The van der Waals surface area contributed by atoms with E-state index in [1.165, 1.54) is 0 Å². The summed E-state index contributed by atoms with van der Waals surface area (Å²) in [6.45, 7) is 2.77. The topological polar surface area (TPSA) is 55.1 Å². The molecule has 1 amide bonds. The zero-order chi connectivity index (χ0) is 7.82. The zero-order valence-corrected chi connectivity index (χ0v) is 6.47. The van der Waals surface area contributed by atoms with Crippen LogP contribution in [0.25, 0.3) is 0 Å². The average molecular weight is 144 g/mol. The molecule has 0 radical (unpaired) electrons. The maximum absolute atomic E-state index is 9.77. The van der Waals surface area contributed by atoms with Crippen molar-refractivity contribution in [3.63, 3.8) is 0 Å². The number of hydrogen-bond donors (Lipinski definition) is 2. The van der Waals surface area contributed by atoms with Crippen molar-refractivity contribution in [3.05, 3.63) is 0 Å². The predicted molar refractivity (Wildman–Crippen MR) is 41.6 cm³/mol. The largest absolute Gasteiger partial charge is 0.359 e. The first-order chi connectivity index (χ1) is 4.77. The van der Waals surface area contributed by atoms with Gasteiger partial charge in [-0.15, -0.1) is 0 Å². The Labute approximate surface area is 62.0 Å². The van der Waals surface area contributed by atoms with Gasteiger partial charge in [-0.1, -0.05) is 6.42 Å². The van der Waals surface area contributed by atoms with Gasteiger partial charge >= 0.3 is 0 Å². The van der Waals surface area contributed by atoms with E-state index in [1.807, 2.05) is 6.92 Å². The van der Waals surface area contributed by atoms with E-state index >= 15 is 0 Å². The van der Waals surface area contributed by atoms with Crippen LogP contribution in [-0.4, -0.2) is 19.0 Å². The molecule has 0 aliphatic rings. The molecule has 0 aliphatic carbocycles. The highest BCUT2D eigenvalue weighted by atomic mass is 16.1.